The molecule has 8 heteroatoms. The summed E-state index contributed by atoms with van der Waals surface area (Å²) in [7, 11) is 1.53. The fraction of sp³-hybridized carbons (Fsp3) is 0.562. The highest BCUT2D eigenvalue weighted by atomic mass is 127. The van der Waals surface area contributed by atoms with Crippen molar-refractivity contribution in [1.82, 2.24) is 10.6 Å². The van der Waals surface area contributed by atoms with Gasteiger partial charge in [0.25, 0.3) is 0 Å². The average molecular weight is 459 g/mol. The van der Waals surface area contributed by atoms with Crippen molar-refractivity contribution in [3.05, 3.63) is 29.8 Å². The molecule has 4 nitrogen and oxygen atoms in total. The van der Waals surface area contributed by atoms with E-state index >= 15 is 0 Å². The first-order valence-electron chi connectivity index (χ1n) is 7.61. The predicted octanol–water partition coefficient (Wildman–Crippen LogP) is 3.89. The van der Waals surface area contributed by atoms with E-state index in [0.717, 1.165) is 18.6 Å². The Labute approximate surface area is 158 Å². The minimum absolute atomic E-state index is 0. The molecule has 2 N–H and O–H groups in total. The van der Waals surface area contributed by atoms with Gasteiger partial charge in [-0.2, -0.15) is 13.2 Å². The van der Waals surface area contributed by atoms with Gasteiger partial charge in [0.05, 0.1) is 13.0 Å². The molecule has 0 atom stereocenters. The number of nitrogens with one attached hydrogen (secondary N) is 2. The van der Waals surface area contributed by atoms with Crippen LogP contribution in [0.15, 0.2) is 29.3 Å². The second kappa shape index (κ2) is 12.2. The lowest BCUT2D eigenvalue weighted by atomic mass is 10.2. The maximum atomic E-state index is 12.0. The van der Waals surface area contributed by atoms with Crippen LogP contribution in [0.4, 0.5) is 13.2 Å². The quantitative estimate of drug-likeness (QED) is 0.269. The number of halogens is 4. The minimum atomic E-state index is -4.15. The van der Waals surface area contributed by atoms with E-state index in [1.54, 1.807) is 0 Å². The summed E-state index contributed by atoms with van der Waals surface area (Å²) in [5.41, 5.74) is 1.19. The first-order chi connectivity index (χ1) is 10.9. The summed E-state index contributed by atoms with van der Waals surface area (Å²) in [5, 5.41) is 5.61. The van der Waals surface area contributed by atoms with E-state index in [4.69, 9.17) is 4.74 Å². The molecule has 0 heterocycles. The Morgan fingerprint density at radius 2 is 1.71 bits per heavy atom. The highest BCUT2D eigenvalue weighted by Gasteiger charge is 2.26. The lowest BCUT2D eigenvalue weighted by molar-refractivity contribution is -0.132. The summed E-state index contributed by atoms with van der Waals surface area (Å²) in [6, 6.07) is 7.85. The smallest absolute Gasteiger partial charge is 0.390 e. The Morgan fingerprint density at radius 3 is 2.29 bits per heavy atom. The Kier molecular flexibility index (Phi) is 11.6. The maximum Gasteiger partial charge on any atom is 0.390 e. The van der Waals surface area contributed by atoms with Gasteiger partial charge in [0, 0.05) is 20.1 Å². The Hall–Kier alpha value is -1.19. The molecule has 0 aliphatic rings. The minimum Gasteiger partial charge on any atom is -0.494 e. The van der Waals surface area contributed by atoms with Crippen molar-refractivity contribution in [3.63, 3.8) is 0 Å². The topological polar surface area (TPSA) is 45.7 Å². The highest BCUT2D eigenvalue weighted by molar-refractivity contribution is 14.0. The number of ether oxygens (including phenoxy) is 1. The lowest BCUT2D eigenvalue weighted by Crippen LogP contribution is -2.39. The van der Waals surface area contributed by atoms with Gasteiger partial charge in [0.2, 0.25) is 0 Å². The largest absolute Gasteiger partial charge is 0.494 e. The molecule has 0 aliphatic carbocycles. The Morgan fingerprint density at radius 1 is 1.08 bits per heavy atom. The molecule has 0 bridgehead atoms. The van der Waals surface area contributed by atoms with Crippen LogP contribution < -0.4 is 15.4 Å². The second-order valence-electron chi connectivity index (χ2n) is 5.16. The number of aliphatic imine (C=N–C) groups is 1. The van der Waals surface area contributed by atoms with Crippen LogP contribution in [0.25, 0.3) is 0 Å². The van der Waals surface area contributed by atoms with E-state index < -0.39 is 12.6 Å². The van der Waals surface area contributed by atoms with E-state index in [1.807, 2.05) is 31.2 Å². The fourth-order valence-electron chi connectivity index (χ4n) is 1.80. The van der Waals surface area contributed by atoms with Gasteiger partial charge >= 0.3 is 6.18 Å². The SMILES string of the molecule is CN=C(NCCCCOc1ccc(C)cc1)NCCC(F)(F)F.I. The molecule has 0 aromatic heterocycles. The van der Waals surface area contributed by atoms with Crippen molar-refractivity contribution in [1.29, 1.82) is 0 Å². The first kappa shape index (κ1) is 22.8. The van der Waals surface area contributed by atoms with E-state index in [9.17, 15) is 13.2 Å². The van der Waals surface area contributed by atoms with Crippen LogP contribution in [0.3, 0.4) is 0 Å². The van der Waals surface area contributed by atoms with Gasteiger partial charge in [0.1, 0.15) is 5.75 Å². The maximum absolute atomic E-state index is 12.0. The van der Waals surface area contributed by atoms with Crippen molar-refractivity contribution < 1.29 is 17.9 Å². The Bertz CT molecular complexity index is 478. The van der Waals surface area contributed by atoms with Crippen LogP contribution in [-0.2, 0) is 0 Å². The van der Waals surface area contributed by atoms with E-state index in [2.05, 4.69) is 15.6 Å². The zero-order valence-electron chi connectivity index (χ0n) is 13.9. The lowest BCUT2D eigenvalue weighted by Gasteiger charge is -2.13. The van der Waals surface area contributed by atoms with Crippen molar-refractivity contribution in [2.45, 2.75) is 32.4 Å². The van der Waals surface area contributed by atoms with Gasteiger partial charge in [-0.15, -0.1) is 24.0 Å². The number of guanidine groups is 1. The third kappa shape index (κ3) is 11.4. The molecule has 0 saturated heterocycles. The fourth-order valence-corrected chi connectivity index (χ4v) is 1.80. The number of hydrogen-bond donors (Lipinski definition) is 2. The molecule has 0 aliphatic heterocycles. The molecule has 0 radical (unpaired) electrons. The van der Waals surface area contributed by atoms with Gasteiger partial charge in [0.15, 0.2) is 5.96 Å². The van der Waals surface area contributed by atoms with Gasteiger partial charge in [-0.1, -0.05) is 17.7 Å². The summed E-state index contributed by atoms with van der Waals surface area (Å²) in [6.45, 7) is 3.07. The van der Waals surface area contributed by atoms with Crippen molar-refractivity contribution in [3.8, 4) is 5.75 Å². The van der Waals surface area contributed by atoms with Crippen LogP contribution in [0.2, 0.25) is 0 Å². The third-order valence-electron chi connectivity index (χ3n) is 3.08. The highest BCUT2D eigenvalue weighted by Crippen LogP contribution is 2.18. The first-order valence-corrected chi connectivity index (χ1v) is 7.61. The standard InChI is InChI=1S/C16H24F3N3O.HI/c1-13-5-7-14(8-6-13)23-12-4-3-10-21-15(20-2)22-11-9-16(17,18)19;/h5-8H,3-4,9-12H2,1-2H3,(H2,20,21,22);1H. The van der Waals surface area contributed by atoms with Gasteiger partial charge in [-0.05, 0) is 31.9 Å². The second-order valence-corrected chi connectivity index (χ2v) is 5.16. The van der Waals surface area contributed by atoms with E-state index in [0.29, 0.717) is 19.1 Å². The zero-order chi connectivity index (χ0) is 17.1. The summed E-state index contributed by atoms with van der Waals surface area (Å²) in [4.78, 5) is 3.88. The van der Waals surface area contributed by atoms with Crippen LogP contribution >= 0.6 is 24.0 Å². The third-order valence-corrected chi connectivity index (χ3v) is 3.08. The van der Waals surface area contributed by atoms with Crippen molar-refractivity contribution in [2.75, 3.05) is 26.7 Å². The molecule has 1 rings (SSSR count). The van der Waals surface area contributed by atoms with Crippen LogP contribution in [0, 0.1) is 6.92 Å². The summed E-state index contributed by atoms with van der Waals surface area (Å²) >= 11 is 0. The van der Waals surface area contributed by atoms with Crippen molar-refractivity contribution >= 4 is 29.9 Å². The molecule has 0 unspecified atom stereocenters. The van der Waals surface area contributed by atoms with Crippen LogP contribution in [0.1, 0.15) is 24.8 Å². The zero-order valence-corrected chi connectivity index (χ0v) is 16.3. The summed E-state index contributed by atoms with van der Waals surface area (Å²) in [6.07, 6.45) is -3.34. The molecular weight excluding hydrogens is 434 g/mol. The number of benzene rings is 1. The summed E-state index contributed by atoms with van der Waals surface area (Å²) < 4.78 is 41.7. The van der Waals surface area contributed by atoms with Crippen LogP contribution in [-0.4, -0.2) is 38.9 Å². The molecule has 24 heavy (non-hydrogen) atoms. The number of rotatable bonds is 8. The Balaban J connectivity index is 0.00000529. The molecule has 0 spiro atoms. The number of hydrogen-bond acceptors (Lipinski definition) is 2. The molecule has 1 aromatic rings. The summed E-state index contributed by atoms with van der Waals surface area (Å²) in [5.74, 6) is 1.22. The monoisotopic (exact) mass is 459 g/mol. The van der Waals surface area contributed by atoms with Crippen molar-refractivity contribution in [2.24, 2.45) is 4.99 Å². The average Bonchev–Trinajstić information content (AvgIpc) is 2.49. The van der Waals surface area contributed by atoms with Gasteiger partial charge in [-0.25, -0.2) is 0 Å². The number of nitrogens with zero attached hydrogens (tertiary/aromatic N) is 1. The van der Waals surface area contributed by atoms with Crippen LogP contribution in [0.5, 0.6) is 5.75 Å². The molecule has 1 aromatic carbocycles. The molecular formula is C16H25F3IN3O. The van der Waals surface area contributed by atoms with E-state index in [-0.39, 0.29) is 30.5 Å². The number of alkyl halides is 3. The van der Waals surface area contributed by atoms with E-state index in [1.165, 1.54) is 12.6 Å². The molecule has 138 valence electrons. The molecule has 0 saturated carbocycles. The predicted molar refractivity (Wildman–Crippen MR) is 101 cm³/mol. The molecule has 0 amide bonds. The number of unbranched alkanes of at least 4 members (excludes halogenated alkanes) is 1. The van der Waals surface area contributed by atoms with Gasteiger partial charge < -0.3 is 15.4 Å². The normalized spacial score (nSPS) is 11.6. The van der Waals surface area contributed by atoms with Gasteiger partial charge in [-0.3, -0.25) is 4.99 Å². The number of aryl methyl sites for hydroxylation is 1. The molecule has 0 fully saturated rings.